The number of hydrogen-bond acceptors (Lipinski definition) is 8. The number of aromatic nitrogens is 3. The quantitative estimate of drug-likeness (QED) is 0.360. The Morgan fingerprint density at radius 3 is 2.62 bits per heavy atom. The lowest BCUT2D eigenvalue weighted by atomic mass is 10.2. The van der Waals surface area contributed by atoms with Gasteiger partial charge in [0.2, 0.25) is 5.91 Å². The maximum absolute atomic E-state index is 12.9. The molecule has 4 rings (SSSR count). The number of amides is 1. The third-order valence-electron chi connectivity index (χ3n) is 5.12. The minimum Gasteiger partial charge on any atom is -0.497 e. The first-order valence-corrected chi connectivity index (χ1v) is 11.5. The average molecular weight is 483 g/mol. The van der Waals surface area contributed by atoms with Gasteiger partial charge in [-0.3, -0.25) is 9.36 Å². The van der Waals surface area contributed by atoms with E-state index in [2.05, 4.69) is 22.1 Å². The molecule has 0 spiro atoms. The SMILES string of the molecule is C=CCn1c(S[C@@H](C)C(=O)Nc2cc(OC)cc(OC)c2)nnc1[C@H]1COc2ccccc2O1. The van der Waals surface area contributed by atoms with E-state index in [-0.39, 0.29) is 5.91 Å². The van der Waals surface area contributed by atoms with Gasteiger partial charge in [-0.05, 0) is 19.1 Å². The van der Waals surface area contributed by atoms with Crippen LogP contribution in [0.5, 0.6) is 23.0 Å². The van der Waals surface area contributed by atoms with Crippen LogP contribution >= 0.6 is 11.8 Å². The lowest BCUT2D eigenvalue weighted by Crippen LogP contribution is -2.25. The summed E-state index contributed by atoms with van der Waals surface area (Å²) in [6, 6.07) is 12.7. The Bertz CT molecular complexity index is 1160. The molecule has 0 aliphatic carbocycles. The molecule has 2 heterocycles. The Kier molecular flexibility index (Phi) is 7.27. The highest BCUT2D eigenvalue weighted by Gasteiger charge is 2.29. The largest absolute Gasteiger partial charge is 0.497 e. The van der Waals surface area contributed by atoms with Crippen molar-refractivity contribution in [1.82, 2.24) is 14.8 Å². The number of fused-ring (bicyclic) bond motifs is 1. The second kappa shape index (κ2) is 10.5. The summed E-state index contributed by atoms with van der Waals surface area (Å²) >= 11 is 1.30. The number of ether oxygens (including phenoxy) is 4. The van der Waals surface area contributed by atoms with Crippen LogP contribution in [0.1, 0.15) is 18.9 Å². The number of hydrogen-bond donors (Lipinski definition) is 1. The molecule has 0 radical (unpaired) electrons. The molecule has 34 heavy (non-hydrogen) atoms. The molecule has 10 heteroatoms. The molecule has 1 N–H and O–H groups in total. The first-order chi connectivity index (χ1) is 16.5. The first kappa shape index (κ1) is 23.5. The van der Waals surface area contributed by atoms with Crippen molar-refractivity contribution in [3.63, 3.8) is 0 Å². The summed E-state index contributed by atoms with van der Waals surface area (Å²) in [4.78, 5) is 12.9. The Morgan fingerprint density at radius 2 is 1.94 bits per heavy atom. The summed E-state index contributed by atoms with van der Waals surface area (Å²) in [5, 5.41) is 11.7. The van der Waals surface area contributed by atoms with Crippen LogP contribution in [0.15, 0.2) is 60.3 Å². The molecular weight excluding hydrogens is 456 g/mol. The standard InChI is InChI=1S/C24H26N4O5S/c1-5-10-28-22(21-14-32-19-8-6-7-9-20(19)33-21)26-27-24(28)34-15(2)23(29)25-16-11-17(30-3)13-18(12-16)31-4/h5-9,11-13,15,21H,1,10,14H2,2-4H3,(H,25,29)/t15-,21+/m0/s1. The van der Waals surface area contributed by atoms with Crippen LogP contribution < -0.4 is 24.3 Å². The number of rotatable bonds is 9. The molecule has 1 aliphatic rings. The topological polar surface area (TPSA) is 96.7 Å². The number of carbonyl (C=O) groups excluding carboxylic acids is 1. The minimum atomic E-state index is -0.456. The highest BCUT2D eigenvalue weighted by atomic mass is 32.2. The number of methoxy groups -OCH3 is 2. The normalized spacial score (nSPS) is 15.3. The fourth-order valence-corrected chi connectivity index (χ4v) is 4.27. The third kappa shape index (κ3) is 5.12. The van der Waals surface area contributed by atoms with Crippen LogP contribution in [0.25, 0.3) is 0 Å². The van der Waals surface area contributed by atoms with Crippen molar-refractivity contribution >= 4 is 23.4 Å². The highest BCUT2D eigenvalue weighted by Crippen LogP contribution is 2.36. The van der Waals surface area contributed by atoms with Crippen LogP contribution in [0.3, 0.4) is 0 Å². The maximum Gasteiger partial charge on any atom is 0.237 e. The van der Waals surface area contributed by atoms with Gasteiger partial charge in [0.1, 0.15) is 18.1 Å². The van der Waals surface area contributed by atoms with Crippen molar-refractivity contribution in [2.75, 3.05) is 26.1 Å². The smallest absolute Gasteiger partial charge is 0.237 e. The Morgan fingerprint density at radius 1 is 1.24 bits per heavy atom. The molecule has 0 saturated heterocycles. The van der Waals surface area contributed by atoms with E-state index in [1.54, 1.807) is 45.4 Å². The van der Waals surface area contributed by atoms with Crippen LogP contribution in [-0.4, -0.2) is 46.7 Å². The van der Waals surface area contributed by atoms with E-state index < -0.39 is 11.4 Å². The van der Waals surface area contributed by atoms with Crippen molar-refractivity contribution in [1.29, 1.82) is 0 Å². The molecule has 0 saturated carbocycles. The van der Waals surface area contributed by atoms with Crippen molar-refractivity contribution in [3.05, 3.63) is 60.9 Å². The summed E-state index contributed by atoms with van der Waals surface area (Å²) in [7, 11) is 3.12. The summed E-state index contributed by atoms with van der Waals surface area (Å²) in [5.41, 5.74) is 0.577. The molecule has 0 bridgehead atoms. The zero-order valence-corrected chi connectivity index (χ0v) is 20.0. The molecule has 0 fully saturated rings. The molecule has 1 aromatic heterocycles. The fourth-order valence-electron chi connectivity index (χ4n) is 3.41. The number of nitrogens with one attached hydrogen (secondary N) is 1. The predicted molar refractivity (Wildman–Crippen MR) is 129 cm³/mol. The molecule has 9 nitrogen and oxygen atoms in total. The van der Waals surface area contributed by atoms with Gasteiger partial charge in [0.25, 0.3) is 0 Å². The first-order valence-electron chi connectivity index (χ1n) is 10.7. The zero-order valence-electron chi connectivity index (χ0n) is 19.2. The molecule has 1 amide bonds. The Hall–Kier alpha value is -3.66. The van der Waals surface area contributed by atoms with Crippen molar-refractivity contribution in [3.8, 4) is 23.0 Å². The second-order valence-corrected chi connectivity index (χ2v) is 8.76. The van der Waals surface area contributed by atoms with Crippen LogP contribution in [-0.2, 0) is 11.3 Å². The van der Waals surface area contributed by atoms with Gasteiger partial charge in [-0.1, -0.05) is 30.0 Å². The van der Waals surface area contributed by atoms with Gasteiger partial charge >= 0.3 is 0 Å². The van der Waals surface area contributed by atoms with Crippen LogP contribution in [0.2, 0.25) is 0 Å². The van der Waals surface area contributed by atoms with E-state index in [9.17, 15) is 4.79 Å². The second-order valence-electron chi connectivity index (χ2n) is 7.45. The van der Waals surface area contributed by atoms with Gasteiger partial charge in [-0.15, -0.1) is 16.8 Å². The molecular formula is C24H26N4O5S. The third-order valence-corrected chi connectivity index (χ3v) is 6.20. The number of thioether (sulfide) groups is 1. The number of anilines is 1. The average Bonchev–Trinajstić information content (AvgIpc) is 3.25. The van der Waals surface area contributed by atoms with E-state index in [0.29, 0.717) is 52.8 Å². The van der Waals surface area contributed by atoms with Gasteiger partial charge in [0, 0.05) is 30.4 Å². The van der Waals surface area contributed by atoms with Crippen molar-refractivity contribution in [2.45, 2.75) is 30.0 Å². The Labute approximate surface area is 202 Å². The van der Waals surface area contributed by atoms with Gasteiger partial charge in [-0.2, -0.15) is 0 Å². The number of allylic oxidation sites excluding steroid dienone is 1. The summed E-state index contributed by atoms with van der Waals surface area (Å²) in [5.74, 6) is 2.94. The van der Waals surface area contributed by atoms with Crippen molar-refractivity contribution < 1.29 is 23.7 Å². The maximum atomic E-state index is 12.9. The predicted octanol–water partition coefficient (Wildman–Crippen LogP) is 4.11. The molecule has 2 aromatic carbocycles. The van der Waals surface area contributed by atoms with E-state index in [1.807, 2.05) is 28.8 Å². The molecule has 3 aromatic rings. The van der Waals surface area contributed by atoms with Gasteiger partial charge < -0.3 is 24.3 Å². The minimum absolute atomic E-state index is 0.193. The number of nitrogens with zero attached hydrogens (tertiary/aromatic N) is 3. The summed E-state index contributed by atoms with van der Waals surface area (Å²) < 4.78 is 24.4. The van der Waals surface area contributed by atoms with Crippen molar-refractivity contribution in [2.24, 2.45) is 0 Å². The summed E-state index contributed by atoms with van der Waals surface area (Å²) in [6.07, 6.45) is 1.33. The van der Waals surface area contributed by atoms with Gasteiger partial charge in [-0.25, -0.2) is 0 Å². The van der Waals surface area contributed by atoms with E-state index in [1.165, 1.54) is 11.8 Å². The fraction of sp³-hybridized carbons (Fsp3) is 0.292. The lowest BCUT2D eigenvalue weighted by molar-refractivity contribution is -0.115. The molecule has 2 atom stereocenters. The monoisotopic (exact) mass is 482 g/mol. The van der Waals surface area contributed by atoms with Gasteiger partial charge in [0.05, 0.1) is 19.5 Å². The number of para-hydroxylation sites is 2. The number of benzene rings is 2. The Balaban J connectivity index is 1.49. The molecule has 1 aliphatic heterocycles. The van der Waals surface area contributed by atoms with E-state index in [0.717, 1.165) is 0 Å². The van der Waals surface area contributed by atoms with Gasteiger partial charge in [0.15, 0.2) is 28.6 Å². The molecule has 0 unspecified atom stereocenters. The van der Waals surface area contributed by atoms with E-state index >= 15 is 0 Å². The molecule has 178 valence electrons. The van der Waals surface area contributed by atoms with Crippen LogP contribution in [0, 0.1) is 0 Å². The lowest BCUT2D eigenvalue weighted by Gasteiger charge is -2.26. The highest BCUT2D eigenvalue weighted by molar-refractivity contribution is 8.00. The van der Waals surface area contributed by atoms with E-state index in [4.69, 9.17) is 18.9 Å². The zero-order chi connectivity index (χ0) is 24.1. The van der Waals surface area contributed by atoms with Crippen LogP contribution in [0.4, 0.5) is 5.69 Å². The summed E-state index contributed by atoms with van der Waals surface area (Å²) in [6.45, 7) is 6.42. The number of carbonyl (C=O) groups is 1.